The molecule has 0 radical (unpaired) electrons. The van der Waals surface area contributed by atoms with Crippen LogP contribution in [0.15, 0.2) is 60.7 Å². The van der Waals surface area contributed by atoms with Gasteiger partial charge in [0.05, 0.1) is 12.6 Å². The number of nitrogens with zero attached hydrogens (tertiary/aromatic N) is 1. The fourth-order valence-electron chi connectivity index (χ4n) is 5.99. The Hall–Kier alpha value is -4.37. The van der Waals surface area contributed by atoms with Crippen LogP contribution in [-0.2, 0) is 41.6 Å². The van der Waals surface area contributed by atoms with Gasteiger partial charge in [0.15, 0.2) is 0 Å². The van der Waals surface area contributed by atoms with Gasteiger partial charge in [0.1, 0.15) is 30.3 Å². The number of carbonyl (C=O) groups excluding carboxylic acids is 5. The second-order valence-corrected chi connectivity index (χ2v) is 13.6. The first-order valence-electron chi connectivity index (χ1n) is 17.7. The highest BCUT2D eigenvalue weighted by Crippen LogP contribution is 2.22. The van der Waals surface area contributed by atoms with Gasteiger partial charge in [0.25, 0.3) is 0 Å². The molecule has 51 heavy (non-hydrogen) atoms. The molecule has 14 nitrogen and oxygen atoms in total. The molecule has 0 spiro atoms. The van der Waals surface area contributed by atoms with Gasteiger partial charge in [-0.1, -0.05) is 74.5 Å². The third kappa shape index (κ3) is 13.0. The molecule has 1 saturated heterocycles. The van der Waals surface area contributed by atoms with Crippen LogP contribution in [-0.4, -0.2) is 102 Å². The van der Waals surface area contributed by atoms with E-state index in [1.165, 1.54) is 4.90 Å². The van der Waals surface area contributed by atoms with Crippen LogP contribution in [0, 0.1) is 5.92 Å². The number of rotatable bonds is 20. The number of likely N-dealkylation sites (tertiary alicyclic amines) is 1. The van der Waals surface area contributed by atoms with E-state index < -0.39 is 59.3 Å². The first-order chi connectivity index (χ1) is 24.4. The normalized spacial score (nSPS) is 18.0. The number of hydrogen-bond donors (Lipinski definition) is 7. The Kier molecular flexibility index (Phi) is 16.5. The van der Waals surface area contributed by atoms with Gasteiger partial charge in [-0.2, -0.15) is 0 Å². The number of nitrogens with two attached hydrogens (primary N) is 3. The highest BCUT2D eigenvalue weighted by atomic mass is 16.5. The molecule has 2 aromatic rings. The van der Waals surface area contributed by atoms with Crippen molar-refractivity contribution < 1.29 is 33.8 Å². The molecule has 10 N–H and O–H groups in total. The van der Waals surface area contributed by atoms with Crippen LogP contribution in [0.1, 0.15) is 57.1 Å². The second-order valence-electron chi connectivity index (χ2n) is 13.6. The molecule has 1 aliphatic rings. The fourth-order valence-corrected chi connectivity index (χ4v) is 5.99. The van der Waals surface area contributed by atoms with Crippen molar-refractivity contribution in [2.24, 2.45) is 23.1 Å². The number of ether oxygens (including phenoxy) is 1. The molecule has 5 atom stereocenters. The quantitative estimate of drug-likeness (QED) is 0.0712. The Bertz CT molecular complexity index is 1430. The van der Waals surface area contributed by atoms with Gasteiger partial charge in [-0.15, -0.1) is 0 Å². The maximum Gasteiger partial charge on any atom is 0.328 e. The zero-order chi connectivity index (χ0) is 37.4. The third-order valence-electron chi connectivity index (χ3n) is 8.80. The summed E-state index contributed by atoms with van der Waals surface area (Å²) in [7, 11) is 0. The van der Waals surface area contributed by atoms with Crippen molar-refractivity contribution in [1.82, 2.24) is 20.9 Å². The van der Waals surface area contributed by atoms with Crippen molar-refractivity contribution in [2.75, 3.05) is 32.8 Å². The number of hydrogen-bond acceptors (Lipinski definition) is 10. The first-order valence-corrected chi connectivity index (χ1v) is 17.7. The van der Waals surface area contributed by atoms with Crippen LogP contribution >= 0.6 is 0 Å². The number of aliphatic hydroxyl groups excluding tert-OH is 1. The van der Waals surface area contributed by atoms with Crippen molar-refractivity contribution in [3.63, 3.8) is 0 Å². The minimum Gasteiger partial charge on any atom is -0.462 e. The smallest absolute Gasteiger partial charge is 0.328 e. The lowest BCUT2D eigenvalue weighted by Gasteiger charge is -2.29. The molecule has 4 amide bonds. The summed E-state index contributed by atoms with van der Waals surface area (Å²) in [6.07, 6.45) is 2.28. The maximum atomic E-state index is 13.9. The average Bonchev–Trinajstić information content (AvgIpc) is 3.52. The van der Waals surface area contributed by atoms with Gasteiger partial charge in [0.2, 0.25) is 23.6 Å². The molecule has 2 aromatic carbocycles. The van der Waals surface area contributed by atoms with Gasteiger partial charge in [-0.3, -0.25) is 19.2 Å². The van der Waals surface area contributed by atoms with Crippen LogP contribution < -0.4 is 33.2 Å². The molecular weight excluding hydrogens is 654 g/mol. The Balaban J connectivity index is 1.77. The largest absolute Gasteiger partial charge is 0.462 e. The zero-order valence-electron chi connectivity index (χ0n) is 29.7. The van der Waals surface area contributed by atoms with Crippen LogP contribution in [0.5, 0.6) is 0 Å². The van der Waals surface area contributed by atoms with Gasteiger partial charge in [-0.25, -0.2) is 4.79 Å². The van der Waals surface area contributed by atoms with Crippen LogP contribution in [0.2, 0.25) is 0 Å². The Labute approximate surface area is 300 Å². The van der Waals surface area contributed by atoms with Crippen molar-refractivity contribution in [3.8, 4) is 0 Å². The van der Waals surface area contributed by atoms with Gasteiger partial charge < -0.3 is 47.9 Å². The van der Waals surface area contributed by atoms with Crippen molar-refractivity contribution in [3.05, 3.63) is 71.8 Å². The zero-order valence-corrected chi connectivity index (χ0v) is 29.7. The second kappa shape index (κ2) is 20.5. The number of esters is 1. The number of amides is 4. The van der Waals surface area contributed by atoms with E-state index in [4.69, 9.17) is 27.0 Å². The predicted molar refractivity (Wildman–Crippen MR) is 193 cm³/mol. The highest BCUT2D eigenvalue weighted by Gasteiger charge is 2.45. The number of aliphatic hydroxyl groups is 1. The Morgan fingerprint density at radius 1 is 0.843 bits per heavy atom. The molecular formula is C37H55N7O7. The monoisotopic (exact) mass is 709 g/mol. The fraction of sp³-hybridized carbons (Fsp3) is 0.541. The molecule has 14 heteroatoms. The van der Waals surface area contributed by atoms with E-state index in [0.29, 0.717) is 19.4 Å². The molecule has 1 aliphatic heterocycles. The highest BCUT2D eigenvalue weighted by molar-refractivity contribution is 5.95. The topological polar surface area (TPSA) is 232 Å². The Morgan fingerprint density at radius 2 is 1.41 bits per heavy atom. The molecule has 1 unspecified atom stereocenters. The summed E-state index contributed by atoms with van der Waals surface area (Å²) in [5, 5.41) is 17.5. The van der Waals surface area contributed by atoms with E-state index in [1.807, 2.05) is 74.5 Å². The standard InChI is InChI=1S/C37H55N7O7/c1-25(2)21-30(33(47)41-29(15-9-10-17-38)35(49)44-18-16-37(40,24-44)36(50)51-20-19-45)43-34(48)31(23-27-13-7-4-8-14-27)42-32(46)28(39)22-26-11-5-3-6-12-26/h3-8,11-14,25,28-31,45H,9-10,15-24,38-40H2,1-2H3,(H,41,47)(H,42,46)(H,43,48)/t28-,29-,30-,31-,37?/m1/s1. The van der Waals surface area contributed by atoms with E-state index in [-0.39, 0.29) is 64.3 Å². The first kappa shape index (κ1) is 41.1. The van der Waals surface area contributed by atoms with Crippen molar-refractivity contribution in [1.29, 1.82) is 0 Å². The lowest BCUT2D eigenvalue weighted by molar-refractivity contribution is -0.151. The summed E-state index contributed by atoms with van der Waals surface area (Å²) < 4.78 is 5.03. The number of unbranched alkanes of at least 4 members (excludes halogenated alkanes) is 1. The third-order valence-corrected chi connectivity index (χ3v) is 8.80. The van der Waals surface area contributed by atoms with Crippen LogP contribution in [0.4, 0.5) is 0 Å². The van der Waals surface area contributed by atoms with E-state index in [1.54, 1.807) is 0 Å². The SMILES string of the molecule is CC(C)C[C@@H](NC(=O)[C@@H](Cc1ccccc1)NC(=O)[C@H](N)Cc1ccccc1)C(=O)N[C@H](CCCCN)C(=O)N1CCC(N)(C(=O)OCCO)C1. The molecule has 0 aliphatic carbocycles. The lowest BCUT2D eigenvalue weighted by atomic mass is 9.99. The summed E-state index contributed by atoms with van der Waals surface area (Å²) in [5.41, 5.74) is 18.5. The molecule has 0 bridgehead atoms. The summed E-state index contributed by atoms with van der Waals surface area (Å²) in [4.78, 5) is 68.8. The van der Waals surface area contributed by atoms with Crippen molar-refractivity contribution >= 4 is 29.6 Å². The molecule has 3 rings (SSSR count). The predicted octanol–water partition coefficient (Wildman–Crippen LogP) is -0.106. The number of carbonyl (C=O) groups is 5. The number of benzene rings is 2. The van der Waals surface area contributed by atoms with Crippen LogP contribution in [0.3, 0.4) is 0 Å². The molecule has 1 heterocycles. The molecule has 280 valence electrons. The van der Waals surface area contributed by atoms with E-state index in [9.17, 15) is 24.0 Å². The number of nitrogens with one attached hydrogen (secondary N) is 3. The van der Waals surface area contributed by atoms with E-state index in [0.717, 1.165) is 11.1 Å². The van der Waals surface area contributed by atoms with Crippen molar-refractivity contribution in [2.45, 2.75) is 88.5 Å². The average molecular weight is 710 g/mol. The lowest BCUT2D eigenvalue weighted by Crippen LogP contribution is -2.59. The van der Waals surface area contributed by atoms with Crippen LogP contribution in [0.25, 0.3) is 0 Å². The molecule has 0 aromatic heterocycles. The maximum absolute atomic E-state index is 13.9. The summed E-state index contributed by atoms with van der Waals surface area (Å²) in [6.45, 7) is 3.71. The minimum atomic E-state index is -1.44. The summed E-state index contributed by atoms with van der Waals surface area (Å²) in [6, 6.07) is 14.6. The summed E-state index contributed by atoms with van der Waals surface area (Å²) >= 11 is 0. The minimum absolute atomic E-state index is 0.0183. The van der Waals surface area contributed by atoms with Gasteiger partial charge >= 0.3 is 5.97 Å². The summed E-state index contributed by atoms with van der Waals surface area (Å²) in [5.74, 6) is -2.79. The van der Waals surface area contributed by atoms with E-state index >= 15 is 0 Å². The molecule has 0 saturated carbocycles. The van der Waals surface area contributed by atoms with E-state index in [2.05, 4.69) is 16.0 Å². The van der Waals surface area contributed by atoms with Gasteiger partial charge in [0, 0.05) is 19.5 Å². The Morgan fingerprint density at radius 3 is 2.00 bits per heavy atom. The molecule has 1 fully saturated rings. The van der Waals surface area contributed by atoms with Gasteiger partial charge in [-0.05, 0) is 62.1 Å².